The summed E-state index contributed by atoms with van der Waals surface area (Å²) in [6.07, 6.45) is 4.25. The Kier molecular flexibility index (Phi) is 3.84. The highest BCUT2D eigenvalue weighted by atomic mass is 16.5. The lowest BCUT2D eigenvalue weighted by Gasteiger charge is -2.28. The zero-order valence-electron chi connectivity index (χ0n) is 10.6. The molecule has 1 aliphatic heterocycles. The normalized spacial score (nSPS) is 20.2. The molecule has 17 heavy (non-hydrogen) atoms. The van der Waals surface area contributed by atoms with E-state index in [0.717, 1.165) is 43.2 Å². The molecule has 1 atom stereocenters. The summed E-state index contributed by atoms with van der Waals surface area (Å²) in [5, 5.41) is 0. The van der Waals surface area contributed by atoms with Crippen LogP contribution in [0.25, 0.3) is 0 Å². The maximum absolute atomic E-state index is 5.99. The third kappa shape index (κ3) is 3.09. The van der Waals surface area contributed by atoms with Crippen molar-refractivity contribution in [2.75, 3.05) is 37.4 Å². The van der Waals surface area contributed by atoms with E-state index < -0.39 is 0 Å². The van der Waals surface area contributed by atoms with Crippen molar-refractivity contribution in [1.29, 1.82) is 0 Å². The number of nitrogens with zero attached hydrogens (tertiary/aromatic N) is 2. The lowest BCUT2D eigenvalue weighted by molar-refractivity contribution is 0.0576. The molecule has 0 radical (unpaired) electrons. The number of hydrogen-bond acceptors (Lipinski definition) is 4. The Morgan fingerprint density at radius 3 is 3.06 bits per heavy atom. The zero-order valence-corrected chi connectivity index (χ0v) is 10.6. The third-order valence-corrected chi connectivity index (χ3v) is 3.18. The third-order valence-electron chi connectivity index (χ3n) is 3.18. The van der Waals surface area contributed by atoms with Gasteiger partial charge in [0, 0.05) is 26.4 Å². The van der Waals surface area contributed by atoms with E-state index in [-0.39, 0.29) is 0 Å². The predicted molar refractivity (Wildman–Crippen MR) is 70.2 cm³/mol. The van der Waals surface area contributed by atoms with Crippen molar-refractivity contribution < 1.29 is 4.74 Å². The smallest absolute Gasteiger partial charge is 0.151 e. The van der Waals surface area contributed by atoms with Gasteiger partial charge in [-0.2, -0.15) is 0 Å². The van der Waals surface area contributed by atoms with Gasteiger partial charge < -0.3 is 15.4 Å². The van der Waals surface area contributed by atoms with Crippen molar-refractivity contribution in [3.63, 3.8) is 0 Å². The number of aryl methyl sites for hydroxylation is 1. The molecule has 1 fully saturated rings. The summed E-state index contributed by atoms with van der Waals surface area (Å²) >= 11 is 0. The van der Waals surface area contributed by atoms with Gasteiger partial charge in [-0.05, 0) is 37.3 Å². The summed E-state index contributed by atoms with van der Waals surface area (Å²) in [6, 6.07) is 1.97. The number of nitrogens with two attached hydrogens (primary N) is 1. The molecule has 0 amide bonds. The van der Waals surface area contributed by atoms with Crippen LogP contribution in [0.3, 0.4) is 0 Å². The number of rotatable bonds is 3. The summed E-state index contributed by atoms with van der Waals surface area (Å²) in [6.45, 7) is 4.73. The summed E-state index contributed by atoms with van der Waals surface area (Å²) in [5.74, 6) is 1.47. The molecule has 1 saturated heterocycles. The van der Waals surface area contributed by atoms with E-state index in [4.69, 9.17) is 10.5 Å². The van der Waals surface area contributed by atoms with E-state index in [9.17, 15) is 0 Å². The minimum Gasteiger partial charge on any atom is -0.396 e. The molecular weight excluding hydrogens is 214 g/mol. The lowest BCUT2D eigenvalue weighted by Crippen LogP contribution is -2.31. The van der Waals surface area contributed by atoms with Gasteiger partial charge in [-0.3, -0.25) is 0 Å². The Morgan fingerprint density at radius 2 is 2.41 bits per heavy atom. The highest BCUT2D eigenvalue weighted by Crippen LogP contribution is 2.22. The molecule has 0 aromatic carbocycles. The first-order valence-corrected chi connectivity index (χ1v) is 6.18. The molecule has 2 heterocycles. The Bertz CT molecular complexity index is 375. The lowest BCUT2D eigenvalue weighted by atomic mass is 10.0. The second-order valence-electron chi connectivity index (χ2n) is 4.89. The second kappa shape index (κ2) is 5.36. The van der Waals surface area contributed by atoms with Gasteiger partial charge in [-0.15, -0.1) is 0 Å². The van der Waals surface area contributed by atoms with Gasteiger partial charge in [0.15, 0.2) is 5.82 Å². The van der Waals surface area contributed by atoms with Gasteiger partial charge in [-0.25, -0.2) is 4.98 Å². The summed E-state index contributed by atoms with van der Waals surface area (Å²) in [5.41, 5.74) is 7.84. The number of anilines is 2. The minimum absolute atomic E-state index is 0.594. The number of aromatic nitrogens is 1. The van der Waals surface area contributed by atoms with Crippen LogP contribution in [0.5, 0.6) is 0 Å². The summed E-state index contributed by atoms with van der Waals surface area (Å²) in [7, 11) is 2.04. The minimum atomic E-state index is 0.594. The van der Waals surface area contributed by atoms with Gasteiger partial charge in [0.2, 0.25) is 0 Å². The average Bonchev–Trinajstić information content (AvgIpc) is 2.30. The predicted octanol–water partition coefficient (Wildman–Crippen LogP) is 1.84. The van der Waals surface area contributed by atoms with Crippen LogP contribution in [-0.2, 0) is 4.74 Å². The zero-order chi connectivity index (χ0) is 12.3. The van der Waals surface area contributed by atoms with Crippen molar-refractivity contribution in [2.45, 2.75) is 19.8 Å². The van der Waals surface area contributed by atoms with E-state index in [1.54, 1.807) is 0 Å². The van der Waals surface area contributed by atoms with Gasteiger partial charge in [0.25, 0.3) is 0 Å². The molecule has 0 spiro atoms. The quantitative estimate of drug-likeness (QED) is 0.868. The van der Waals surface area contributed by atoms with E-state index in [2.05, 4.69) is 9.88 Å². The van der Waals surface area contributed by atoms with Crippen LogP contribution in [0.4, 0.5) is 11.5 Å². The molecule has 2 N–H and O–H groups in total. The van der Waals surface area contributed by atoms with Gasteiger partial charge in [-0.1, -0.05) is 0 Å². The SMILES string of the molecule is Cc1cnc(N(C)CC2CCCOC2)c(N)c1. The van der Waals surface area contributed by atoms with Crippen molar-refractivity contribution in [1.82, 2.24) is 4.98 Å². The van der Waals surface area contributed by atoms with E-state index in [1.165, 1.54) is 6.42 Å². The monoisotopic (exact) mass is 235 g/mol. The molecule has 0 aliphatic carbocycles. The largest absolute Gasteiger partial charge is 0.396 e. The summed E-state index contributed by atoms with van der Waals surface area (Å²) in [4.78, 5) is 6.54. The molecule has 1 aromatic rings. The van der Waals surface area contributed by atoms with Crippen molar-refractivity contribution in [3.05, 3.63) is 17.8 Å². The summed E-state index contributed by atoms with van der Waals surface area (Å²) < 4.78 is 5.49. The van der Waals surface area contributed by atoms with Crippen molar-refractivity contribution in [2.24, 2.45) is 5.92 Å². The molecule has 1 unspecified atom stereocenters. The molecule has 1 aromatic heterocycles. The molecule has 1 aliphatic rings. The molecule has 0 saturated carbocycles. The van der Waals surface area contributed by atoms with Crippen molar-refractivity contribution >= 4 is 11.5 Å². The van der Waals surface area contributed by atoms with E-state index in [0.29, 0.717) is 5.92 Å². The fourth-order valence-corrected chi connectivity index (χ4v) is 2.33. The van der Waals surface area contributed by atoms with Crippen LogP contribution in [0.15, 0.2) is 12.3 Å². The van der Waals surface area contributed by atoms with Crippen LogP contribution in [0.1, 0.15) is 18.4 Å². The molecule has 0 bridgehead atoms. The van der Waals surface area contributed by atoms with Crippen molar-refractivity contribution in [3.8, 4) is 0 Å². The Labute approximate surface area is 103 Å². The topological polar surface area (TPSA) is 51.4 Å². The molecule has 2 rings (SSSR count). The number of pyridine rings is 1. The standard InChI is InChI=1S/C13H21N3O/c1-10-6-12(14)13(15-7-10)16(2)8-11-4-3-5-17-9-11/h6-7,11H,3-5,8-9,14H2,1-2H3. The fraction of sp³-hybridized carbons (Fsp3) is 0.615. The Morgan fingerprint density at radius 1 is 1.59 bits per heavy atom. The van der Waals surface area contributed by atoms with Gasteiger partial charge in [0.1, 0.15) is 0 Å². The van der Waals surface area contributed by atoms with E-state index in [1.807, 2.05) is 26.2 Å². The van der Waals surface area contributed by atoms with Gasteiger partial charge >= 0.3 is 0 Å². The number of nitrogen functional groups attached to an aromatic ring is 1. The first-order chi connectivity index (χ1) is 8.16. The Hall–Kier alpha value is -1.29. The molecule has 4 nitrogen and oxygen atoms in total. The van der Waals surface area contributed by atoms with Crippen LogP contribution >= 0.6 is 0 Å². The van der Waals surface area contributed by atoms with E-state index >= 15 is 0 Å². The van der Waals surface area contributed by atoms with Crippen LogP contribution < -0.4 is 10.6 Å². The second-order valence-corrected chi connectivity index (χ2v) is 4.89. The average molecular weight is 235 g/mol. The fourth-order valence-electron chi connectivity index (χ4n) is 2.33. The molecular formula is C13H21N3O. The maximum atomic E-state index is 5.99. The number of hydrogen-bond donors (Lipinski definition) is 1. The highest BCUT2D eigenvalue weighted by Gasteiger charge is 2.17. The Balaban J connectivity index is 2.00. The maximum Gasteiger partial charge on any atom is 0.151 e. The van der Waals surface area contributed by atoms with Crippen LogP contribution in [-0.4, -0.2) is 31.8 Å². The first kappa shape index (κ1) is 12.2. The molecule has 94 valence electrons. The van der Waals surface area contributed by atoms with Gasteiger partial charge in [0.05, 0.1) is 12.3 Å². The molecule has 4 heteroatoms. The van der Waals surface area contributed by atoms with Crippen LogP contribution in [0.2, 0.25) is 0 Å². The first-order valence-electron chi connectivity index (χ1n) is 6.18. The van der Waals surface area contributed by atoms with Crippen LogP contribution in [0, 0.1) is 12.8 Å². The highest BCUT2D eigenvalue weighted by molar-refractivity contribution is 5.62. The number of ether oxygens (including phenoxy) is 1.